The lowest BCUT2D eigenvalue weighted by Crippen LogP contribution is -2.54. The third kappa shape index (κ3) is 4.13. The first kappa shape index (κ1) is 24.4. The average Bonchev–Trinajstić information content (AvgIpc) is 2.90. The van der Waals surface area contributed by atoms with Crippen molar-refractivity contribution in [3.05, 3.63) is 0 Å². The second kappa shape index (κ2) is 8.68. The Hall–Kier alpha value is 0.0969. The van der Waals surface area contributed by atoms with E-state index in [1.54, 1.807) is 0 Å². The summed E-state index contributed by atoms with van der Waals surface area (Å²) in [6.45, 7) is 21.5. The Morgan fingerprint density at radius 2 is 1.46 bits per heavy atom. The van der Waals surface area contributed by atoms with Gasteiger partial charge in [-0.3, -0.25) is 0 Å². The molecule has 0 unspecified atom stereocenters. The van der Waals surface area contributed by atoms with Crippen LogP contribution >= 0.6 is 0 Å². The Balaban J connectivity index is 2.29. The van der Waals surface area contributed by atoms with E-state index in [-0.39, 0.29) is 5.41 Å². The van der Waals surface area contributed by atoms with Crippen LogP contribution in [0.15, 0.2) is 0 Å². The summed E-state index contributed by atoms with van der Waals surface area (Å²) >= 11 is 0. The van der Waals surface area contributed by atoms with Gasteiger partial charge in [-0.25, -0.2) is 0 Å². The van der Waals surface area contributed by atoms with Gasteiger partial charge in [0.25, 0.3) is 0 Å². The van der Waals surface area contributed by atoms with E-state index >= 15 is 0 Å². The first-order chi connectivity index (χ1) is 12.8. The van der Waals surface area contributed by atoms with Crippen LogP contribution in [-0.2, 0) is 4.43 Å². The maximum atomic E-state index is 10.8. The highest BCUT2D eigenvalue weighted by molar-refractivity contribution is 6.77. The zero-order valence-electron chi connectivity index (χ0n) is 20.1. The van der Waals surface area contributed by atoms with Crippen LogP contribution in [-0.4, -0.2) is 36.8 Å². The molecule has 2 aliphatic carbocycles. The normalized spacial score (nSPS) is 37.2. The summed E-state index contributed by atoms with van der Waals surface area (Å²) in [6, 6.07) is 0. The summed E-state index contributed by atoms with van der Waals surface area (Å²) in [7, 11) is -1.88. The minimum atomic E-state index is -1.88. The lowest BCUT2D eigenvalue weighted by Gasteiger charge is -2.52. The molecule has 1 spiro atoms. The van der Waals surface area contributed by atoms with Gasteiger partial charge in [-0.2, -0.15) is 0 Å². The van der Waals surface area contributed by atoms with Crippen LogP contribution in [0.2, 0.25) is 16.6 Å². The van der Waals surface area contributed by atoms with Gasteiger partial charge in [0.05, 0.1) is 11.7 Å². The summed E-state index contributed by atoms with van der Waals surface area (Å²) in [4.78, 5) is 0. The molecule has 0 aromatic heterocycles. The maximum absolute atomic E-state index is 10.8. The molecule has 0 radical (unpaired) electrons. The standard InChI is InChI=1S/C24H48O3Si/c1-16(2)21-11-10-20(24(21)13-12-23(9,26)22(25)14-24)15-27-28(17(3)4,18(5)6)19(7)8/h16-22,25-26H,10-15H2,1-9H3/t20-,21+,22+,23+,24-/m1/s1. The molecule has 4 heteroatoms. The molecule has 0 amide bonds. The molecule has 2 aliphatic rings. The van der Waals surface area contributed by atoms with Crippen molar-refractivity contribution in [1.29, 1.82) is 0 Å². The molecule has 2 N–H and O–H groups in total. The van der Waals surface area contributed by atoms with Crippen LogP contribution in [0, 0.1) is 23.2 Å². The zero-order valence-corrected chi connectivity index (χ0v) is 21.1. The van der Waals surface area contributed by atoms with Gasteiger partial charge in [-0.15, -0.1) is 0 Å². The van der Waals surface area contributed by atoms with Crippen molar-refractivity contribution in [2.45, 2.75) is 123 Å². The quantitative estimate of drug-likeness (QED) is 0.494. The Bertz CT molecular complexity index is 492. The van der Waals surface area contributed by atoms with E-state index in [2.05, 4.69) is 55.4 Å². The number of aliphatic hydroxyl groups is 2. The number of hydrogen-bond donors (Lipinski definition) is 2. The van der Waals surface area contributed by atoms with Crippen molar-refractivity contribution in [2.24, 2.45) is 23.2 Å². The molecule has 0 saturated heterocycles. The average molecular weight is 413 g/mol. The third-order valence-corrected chi connectivity index (χ3v) is 14.9. The lowest BCUT2D eigenvalue weighted by molar-refractivity contribution is -0.143. The van der Waals surface area contributed by atoms with Crippen LogP contribution in [0.1, 0.15) is 94.4 Å². The molecule has 2 rings (SSSR count). The zero-order chi connectivity index (χ0) is 21.5. The van der Waals surface area contributed by atoms with E-state index in [4.69, 9.17) is 4.43 Å². The second-order valence-electron chi connectivity index (χ2n) is 11.6. The van der Waals surface area contributed by atoms with E-state index in [1.165, 1.54) is 12.8 Å². The van der Waals surface area contributed by atoms with Crippen LogP contribution in [0.3, 0.4) is 0 Å². The fraction of sp³-hybridized carbons (Fsp3) is 1.00. The highest BCUT2D eigenvalue weighted by atomic mass is 28.4. The lowest BCUT2D eigenvalue weighted by atomic mass is 9.57. The van der Waals surface area contributed by atoms with Gasteiger partial charge in [0.2, 0.25) is 0 Å². The molecule has 0 aromatic rings. The summed E-state index contributed by atoms with van der Waals surface area (Å²) in [5.74, 6) is 1.75. The fourth-order valence-corrected chi connectivity index (χ4v) is 12.8. The topological polar surface area (TPSA) is 49.7 Å². The minimum Gasteiger partial charge on any atom is -0.416 e. The Labute approximate surface area is 175 Å². The smallest absolute Gasteiger partial charge is 0.200 e. The molecule has 2 saturated carbocycles. The van der Waals surface area contributed by atoms with Crippen molar-refractivity contribution in [3.63, 3.8) is 0 Å². The Morgan fingerprint density at radius 1 is 0.929 bits per heavy atom. The van der Waals surface area contributed by atoms with E-state index in [1.807, 2.05) is 6.92 Å². The number of rotatable bonds is 7. The first-order valence-electron chi connectivity index (χ1n) is 11.9. The molecule has 0 heterocycles. The van der Waals surface area contributed by atoms with Crippen molar-refractivity contribution in [2.75, 3.05) is 6.61 Å². The van der Waals surface area contributed by atoms with Crippen LogP contribution in [0.5, 0.6) is 0 Å². The SMILES string of the molecule is CC(C)[C@@H]1CC[C@H](CO[Si](C(C)C)(C(C)C)C(C)C)[C@]12CC[C@](C)(O)[C@@H](O)C2. The second-order valence-corrected chi connectivity index (χ2v) is 17.0. The Kier molecular flexibility index (Phi) is 7.56. The molecule has 166 valence electrons. The van der Waals surface area contributed by atoms with Gasteiger partial charge in [-0.05, 0) is 78.8 Å². The molecular weight excluding hydrogens is 364 g/mol. The van der Waals surface area contributed by atoms with Gasteiger partial charge < -0.3 is 14.6 Å². The van der Waals surface area contributed by atoms with Gasteiger partial charge in [-0.1, -0.05) is 55.4 Å². The predicted molar refractivity (Wildman–Crippen MR) is 121 cm³/mol. The number of hydrogen-bond acceptors (Lipinski definition) is 3. The molecule has 0 bridgehead atoms. The predicted octanol–water partition coefficient (Wildman–Crippen LogP) is 6.14. The molecule has 5 atom stereocenters. The Morgan fingerprint density at radius 3 is 1.89 bits per heavy atom. The highest BCUT2D eigenvalue weighted by Gasteiger charge is 2.57. The number of aliphatic hydroxyl groups excluding tert-OH is 1. The highest BCUT2D eigenvalue weighted by Crippen LogP contribution is 2.60. The summed E-state index contributed by atoms with van der Waals surface area (Å²) in [5.41, 5.74) is 0.990. The van der Waals surface area contributed by atoms with Gasteiger partial charge in [0, 0.05) is 6.61 Å². The maximum Gasteiger partial charge on any atom is 0.200 e. The van der Waals surface area contributed by atoms with E-state index in [0.29, 0.717) is 40.8 Å². The summed E-state index contributed by atoms with van der Waals surface area (Å²) < 4.78 is 7.04. The van der Waals surface area contributed by atoms with E-state index < -0.39 is 20.0 Å². The fourth-order valence-electron chi connectivity index (χ4n) is 7.29. The van der Waals surface area contributed by atoms with Gasteiger partial charge in [0.1, 0.15) is 0 Å². The molecule has 3 nitrogen and oxygen atoms in total. The molecular formula is C24H48O3Si. The largest absolute Gasteiger partial charge is 0.416 e. The monoisotopic (exact) mass is 412 g/mol. The minimum absolute atomic E-state index is 0.126. The van der Waals surface area contributed by atoms with Crippen molar-refractivity contribution < 1.29 is 14.6 Å². The summed E-state index contributed by atoms with van der Waals surface area (Å²) in [5, 5.41) is 21.4. The molecule has 0 aromatic carbocycles. The molecule has 28 heavy (non-hydrogen) atoms. The van der Waals surface area contributed by atoms with Crippen LogP contribution in [0.25, 0.3) is 0 Å². The molecule has 2 fully saturated rings. The third-order valence-electron chi connectivity index (χ3n) is 8.81. The van der Waals surface area contributed by atoms with E-state index in [0.717, 1.165) is 19.4 Å². The van der Waals surface area contributed by atoms with E-state index in [9.17, 15) is 10.2 Å². The van der Waals surface area contributed by atoms with Crippen molar-refractivity contribution >= 4 is 8.32 Å². The van der Waals surface area contributed by atoms with Crippen molar-refractivity contribution in [1.82, 2.24) is 0 Å². The van der Waals surface area contributed by atoms with Gasteiger partial charge >= 0.3 is 0 Å². The molecule has 0 aliphatic heterocycles. The first-order valence-corrected chi connectivity index (χ1v) is 14.0. The van der Waals surface area contributed by atoms with Gasteiger partial charge in [0.15, 0.2) is 8.32 Å². The van der Waals surface area contributed by atoms with Crippen LogP contribution in [0.4, 0.5) is 0 Å². The van der Waals surface area contributed by atoms with Crippen molar-refractivity contribution in [3.8, 4) is 0 Å². The van der Waals surface area contributed by atoms with Crippen LogP contribution < -0.4 is 0 Å². The summed E-state index contributed by atoms with van der Waals surface area (Å²) in [6.07, 6.45) is 4.28.